The van der Waals surface area contributed by atoms with Gasteiger partial charge in [-0.15, -0.1) is 0 Å². The monoisotopic (exact) mass is 334 g/mol. The molecule has 1 aliphatic heterocycles. The van der Waals surface area contributed by atoms with Crippen molar-refractivity contribution < 1.29 is 9.59 Å². The van der Waals surface area contributed by atoms with Crippen LogP contribution in [0.25, 0.3) is 0 Å². The van der Waals surface area contributed by atoms with Crippen LogP contribution in [0, 0.1) is 11.8 Å². The second-order valence-electron chi connectivity index (χ2n) is 6.71. The van der Waals surface area contributed by atoms with Crippen molar-refractivity contribution in [2.24, 2.45) is 11.8 Å². The van der Waals surface area contributed by atoms with Gasteiger partial charge in [-0.05, 0) is 48.8 Å². The zero-order valence-electron chi connectivity index (χ0n) is 13.4. The minimum Gasteiger partial charge on any atom is -0.356 e. The van der Waals surface area contributed by atoms with Gasteiger partial charge in [0.25, 0.3) is 0 Å². The van der Waals surface area contributed by atoms with Gasteiger partial charge in [0.2, 0.25) is 11.8 Å². The third kappa shape index (κ3) is 4.05. The maximum atomic E-state index is 12.6. The predicted molar refractivity (Wildman–Crippen MR) is 90.3 cm³/mol. The lowest BCUT2D eigenvalue weighted by molar-refractivity contribution is -0.134. The van der Waals surface area contributed by atoms with E-state index in [1.165, 1.54) is 5.56 Å². The molecule has 124 valence electrons. The minimum atomic E-state index is 0.0193. The third-order valence-electron chi connectivity index (χ3n) is 4.95. The second kappa shape index (κ2) is 6.91. The fourth-order valence-electron chi connectivity index (χ4n) is 3.45. The Morgan fingerprint density at radius 1 is 1.30 bits per heavy atom. The maximum Gasteiger partial charge on any atom is 0.226 e. The molecule has 0 spiro atoms. The first-order chi connectivity index (χ1) is 11.0. The van der Waals surface area contributed by atoms with Crippen molar-refractivity contribution in [2.75, 3.05) is 19.6 Å². The summed E-state index contributed by atoms with van der Waals surface area (Å²) in [5.41, 5.74) is 1.18. The molecule has 23 heavy (non-hydrogen) atoms. The van der Waals surface area contributed by atoms with Crippen molar-refractivity contribution in [3.63, 3.8) is 0 Å². The number of amides is 2. The van der Waals surface area contributed by atoms with Crippen molar-refractivity contribution >= 4 is 23.4 Å². The number of hydrogen-bond donors (Lipinski definition) is 1. The molecule has 2 fully saturated rings. The minimum absolute atomic E-state index is 0.0193. The Hall–Kier alpha value is -1.55. The molecular formula is C18H23ClN2O2. The first kappa shape index (κ1) is 16.3. The average Bonchev–Trinajstić information content (AvgIpc) is 3.33. The number of halogens is 1. The maximum absolute atomic E-state index is 12.6. The van der Waals surface area contributed by atoms with Crippen molar-refractivity contribution in [2.45, 2.75) is 32.1 Å². The Kier molecular flexibility index (Phi) is 4.90. The molecule has 0 radical (unpaired) electrons. The van der Waals surface area contributed by atoms with Crippen LogP contribution in [0.1, 0.15) is 37.7 Å². The number of carbonyl (C=O) groups is 2. The first-order valence-electron chi connectivity index (χ1n) is 8.33. The topological polar surface area (TPSA) is 49.4 Å². The fraction of sp³-hybridized carbons (Fsp3) is 0.556. The normalized spacial score (nSPS) is 24.3. The molecule has 1 saturated carbocycles. The van der Waals surface area contributed by atoms with Crippen molar-refractivity contribution in [1.82, 2.24) is 10.2 Å². The molecule has 0 unspecified atom stereocenters. The highest BCUT2D eigenvalue weighted by Crippen LogP contribution is 2.49. The lowest BCUT2D eigenvalue weighted by Crippen LogP contribution is -2.42. The van der Waals surface area contributed by atoms with Gasteiger partial charge in [-0.1, -0.05) is 23.7 Å². The highest BCUT2D eigenvalue weighted by Gasteiger charge is 2.46. The molecule has 1 aliphatic carbocycles. The Bertz CT molecular complexity index is 596. The van der Waals surface area contributed by atoms with Crippen molar-refractivity contribution in [3.8, 4) is 0 Å². The second-order valence-corrected chi connectivity index (χ2v) is 7.15. The van der Waals surface area contributed by atoms with Crippen LogP contribution in [0.15, 0.2) is 24.3 Å². The molecule has 2 atom stereocenters. The van der Waals surface area contributed by atoms with Gasteiger partial charge < -0.3 is 10.2 Å². The summed E-state index contributed by atoms with van der Waals surface area (Å²) in [4.78, 5) is 25.6. The summed E-state index contributed by atoms with van der Waals surface area (Å²) >= 11 is 6.04. The van der Waals surface area contributed by atoms with E-state index in [0.29, 0.717) is 11.8 Å². The van der Waals surface area contributed by atoms with Crippen LogP contribution in [-0.2, 0) is 9.59 Å². The van der Waals surface area contributed by atoms with Gasteiger partial charge in [0.05, 0.1) is 0 Å². The van der Waals surface area contributed by atoms with Crippen LogP contribution in [0.4, 0.5) is 0 Å². The van der Waals surface area contributed by atoms with E-state index < -0.39 is 0 Å². The average molecular weight is 335 g/mol. The molecule has 2 aliphatic rings. The lowest BCUT2D eigenvalue weighted by Gasteiger charge is -2.32. The van der Waals surface area contributed by atoms with Crippen LogP contribution in [-0.4, -0.2) is 36.3 Å². The van der Waals surface area contributed by atoms with Crippen LogP contribution in [0.5, 0.6) is 0 Å². The highest BCUT2D eigenvalue weighted by atomic mass is 35.5. The van der Waals surface area contributed by atoms with E-state index in [4.69, 9.17) is 11.6 Å². The number of carbonyl (C=O) groups excluding carboxylic acids is 2. The predicted octanol–water partition coefficient (Wildman–Crippen LogP) is 2.82. The van der Waals surface area contributed by atoms with E-state index in [0.717, 1.165) is 43.9 Å². The molecule has 1 N–H and O–H groups in total. The lowest BCUT2D eigenvalue weighted by atomic mass is 9.96. The van der Waals surface area contributed by atoms with Gasteiger partial charge in [0, 0.05) is 37.5 Å². The van der Waals surface area contributed by atoms with Crippen LogP contribution >= 0.6 is 11.6 Å². The highest BCUT2D eigenvalue weighted by molar-refractivity contribution is 6.30. The van der Waals surface area contributed by atoms with E-state index in [2.05, 4.69) is 11.4 Å². The summed E-state index contributed by atoms with van der Waals surface area (Å²) in [5, 5.41) is 3.61. The number of nitrogens with zero attached hydrogens (tertiary/aromatic N) is 1. The quantitative estimate of drug-likeness (QED) is 0.920. The number of benzene rings is 1. The summed E-state index contributed by atoms with van der Waals surface area (Å²) in [5.74, 6) is 1.25. The van der Waals surface area contributed by atoms with Crippen LogP contribution < -0.4 is 5.32 Å². The SMILES string of the molecule is CC(=O)NCC1CCN(C(=O)[C@@H]2C[C@@H]2c2cccc(Cl)c2)CC1. The molecule has 2 amide bonds. The van der Waals surface area contributed by atoms with E-state index >= 15 is 0 Å². The summed E-state index contributed by atoms with van der Waals surface area (Å²) in [6.07, 6.45) is 2.88. The molecule has 1 aromatic carbocycles. The summed E-state index contributed by atoms with van der Waals surface area (Å²) in [7, 11) is 0. The summed E-state index contributed by atoms with van der Waals surface area (Å²) in [6, 6.07) is 7.85. The molecule has 4 nitrogen and oxygen atoms in total. The Labute approximate surface area is 142 Å². The van der Waals surface area contributed by atoms with Crippen LogP contribution in [0.3, 0.4) is 0 Å². The van der Waals surface area contributed by atoms with Crippen LogP contribution in [0.2, 0.25) is 5.02 Å². The van der Waals surface area contributed by atoms with Crippen molar-refractivity contribution in [3.05, 3.63) is 34.9 Å². The van der Waals surface area contributed by atoms with E-state index in [9.17, 15) is 9.59 Å². The molecule has 0 bridgehead atoms. The van der Waals surface area contributed by atoms with Gasteiger partial charge in [-0.25, -0.2) is 0 Å². The Morgan fingerprint density at radius 3 is 2.70 bits per heavy atom. The largest absolute Gasteiger partial charge is 0.356 e. The molecule has 5 heteroatoms. The number of rotatable bonds is 4. The molecule has 3 rings (SSSR count). The van der Waals surface area contributed by atoms with Crippen molar-refractivity contribution in [1.29, 1.82) is 0 Å². The summed E-state index contributed by atoms with van der Waals surface area (Å²) < 4.78 is 0. The smallest absolute Gasteiger partial charge is 0.226 e. The number of likely N-dealkylation sites (tertiary alicyclic amines) is 1. The Balaban J connectivity index is 1.48. The standard InChI is InChI=1S/C18H23ClN2O2/c1-12(22)20-11-13-5-7-21(8-6-13)18(23)17-10-16(17)14-3-2-4-15(19)9-14/h2-4,9,13,16-17H,5-8,10-11H2,1H3,(H,20,22)/t16-,17-/m1/s1. The first-order valence-corrected chi connectivity index (χ1v) is 8.71. The molecule has 1 aromatic rings. The third-order valence-corrected chi connectivity index (χ3v) is 5.19. The van der Waals surface area contributed by atoms with Gasteiger partial charge in [0.1, 0.15) is 0 Å². The molecular weight excluding hydrogens is 312 g/mol. The van der Waals surface area contributed by atoms with Gasteiger partial charge >= 0.3 is 0 Å². The molecule has 1 saturated heterocycles. The van der Waals surface area contributed by atoms with Gasteiger partial charge in [-0.2, -0.15) is 0 Å². The van der Waals surface area contributed by atoms with Gasteiger partial charge in [-0.3, -0.25) is 9.59 Å². The summed E-state index contributed by atoms with van der Waals surface area (Å²) in [6.45, 7) is 3.89. The molecule has 1 heterocycles. The number of piperidine rings is 1. The van der Waals surface area contributed by atoms with Gasteiger partial charge in [0.15, 0.2) is 0 Å². The zero-order valence-corrected chi connectivity index (χ0v) is 14.2. The molecule has 0 aromatic heterocycles. The Morgan fingerprint density at radius 2 is 2.04 bits per heavy atom. The zero-order chi connectivity index (χ0) is 16.4. The fourth-order valence-corrected chi connectivity index (χ4v) is 3.65. The van der Waals surface area contributed by atoms with E-state index in [1.807, 2.05) is 23.1 Å². The number of hydrogen-bond acceptors (Lipinski definition) is 2. The number of nitrogens with one attached hydrogen (secondary N) is 1. The van der Waals surface area contributed by atoms with E-state index in [-0.39, 0.29) is 17.7 Å². The van der Waals surface area contributed by atoms with E-state index in [1.54, 1.807) is 6.92 Å².